The molecule has 0 saturated carbocycles. The van der Waals surface area contributed by atoms with Gasteiger partial charge in [-0.05, 0) is 18.2 Å². The van der Waals surface area contributed by atoms with Crippen molar-refractivity contribution < 1.29 is 18.9 Å². The molecular formula is C8H9N2O4P. The predicted octanol–water partition coefficient (Wildman–Crippen LogP) is 1.48. The maximum absolute atomic E-state index is 10.5. The maximum atomic E-state index is 10.5. The van der Waals surface area contributed by atoms with Crippen molar-refractivity contribution >= 4 is 7.82 Å². The van der Waals surface area contributed by atoms with Gasteiger partial charge in [0.15, 0.2) is 0 Å². The number of H-pyrrole nitrogens is 2. The standard InChI is InChI=1S/C8H9N2O4P/c11-15(12,13)14-8-4-3-7(10-8)6-2-1-5-9-6/h1-5,9-10H,(H2,11,12,13). The van der Waals surface area contributed by atoms with Crippen LogP contribution < -0.4 is 4.52 Å². The van der Waals surface area contributed by atoms with E-state index in [1.54, 1.807) is 12.3 Å². The molecule has 7 heteroatoms. The lowest BCUT2D eigenvalue weighted by atomic mass is 10.3. The molecule has 4 N–H and O–H groups in total. The van der Waals surface area contributed by atoms with Gasteiger partial charge in [-0.15, -0.1) is 0 Å². The Balaban J connectivity index is 2.22. The molecule has 80 valence electrons. The molecule has 0 atom stereocenters. The van der Waals surface area contributed by atoms with E-state index in [-0.39, 0.29) is 5.88 Å². The van der Waals surface area contributed by atoms with Gasteiger partial charge in [-0.25, -0.2) is 4.57 Å². The maximum Gasteiger partial charge on any atom is 0.525 e. The molecule has 0 aromatic carbocycles. The Bertz CT molecular complexity index is 484. The molecule has 0 aliphatic carbocycles. The van der Waals surface area contributed by atoms with Gasteiger partial charge in [0.2, 0.25) is 5.88 Å². The van der Waals surface area contributed by atoms with Gasteiger partial charge >= 0.3 is 7.82 Å². The lowest BCUT2D eigenvalue weighted by molar-refractivity contribution is 0.280. The van der Waals surface area contributed by atoms with Gasteiger partial charge < -0.3 is 14.5 Å². The van der Waals surface area contributed by atoms with Crippen LogP contribution >= 0.6 is 7.82 Å². The molecule has 0 unspecified atom stereocenters. The van der Waals surface area contributed by atoms with Crippen molar-refractivity contribution in [3.05, 3.63) is 30.5 Å². The molecule has 2 rings (SSSR count). The van der Waals surface area contributed by atoms with Crippen LogP contribution in [0.25, 0.3) is 11.4 Å². The first-order valence-corrected chi connectivity index (χ1v) is 5.65. The van der Waals surface area contributed by atoms with E-state index in [0.717, 1.165) is 5.69 Å². The number of nitrogens with one attached hydrogen (secondary N) is 2. The molecule has 2 aromatic heterocycles. The number of hydrogen-bond donors (Lipinski definition) is 4. The number of aromatic amines is 2. The third-order valence-corrected chi connectivity index (χ3v) is 2.20. The Labute approximate surface area is 85.2 Å². The van der Waals surface area contributed by atoms with Crippen molar-refractivity contribution in [2.75, 3.05) is 0 Å². The Morgan fingerprint density at radius 2 is 2.00 bits per heavy atom. The highest BCUT2D eigenvalue weighted by Gasteiger charge is 2.17. The molecule has 0 saturated heterocycles. The summed E-state index contributed by atoms with van der Waals surface area (Å²) in [6, 6.07) is 6.76. The molecule has 0 fully saturated rings. The zero-order valence-electron chi connectivity index (χ0n) is 7.54. The Kier molecular flexibility index (Phi) is 2.40. The van der Waals surface area contributed by atoms with Crippen molar-refractivity contribution in [2.24, 2.45) is 0 Å². The molecule has 0 aliphatic rings. The minimum atomic E-state index is -4.49. The summed E-state index contributed by atoms with van der Waals surface area (Å²) in [5, 5.41) is 0. The van der Waals surface area contributed by atoms with Crippen molar-refractivity contribution in [2.45, 2.75) is 0 Å². The smallest absolute Gasteiger partial charge is 0.388 e. The van der Waals surface area contributed by atoms with Crippen molar-refractivity contribution in [3.63, 3.8) is 0 Å². The molecule has 2 aromatic rings. The number of rotatable bonds is 3. The van der Waals surface area contributed by atoms with Gasteiger partial charge in [0.1, 0.15) is 0 Å². The zero-order chi connectivity index (χ0) is 10.9. The first-order valence-electron chi connectivity index (χ1n) is 4.12. The monoisotopic (exact) mass is 228 g/mol. The van der Waals surface area contributed by atoms with Crippen molar-refractivity contribution in [1.82, 2.24) is 9.97 Å². The number of hydrogen-bond acceptors (Lipinski definition) is 2. The van der Waals surface area contributed by atoms with E-state index in [4.69, 9.17) is 9.79 Å². The van der Waals surface area contributed by atoms with Crippen molar-refractivity contribution in [1.29, 1.82) is 0 Å². The third kappa shape index (κ3) is 2.50. The normalized spacial score (nSPS) is 11.6. The largest absolute Gasteiger partial charge is 0.525 e. The Morgan fingerprint density at radius 1 is 1.20 bits per heavy atom. The third-order valence-electron chi connectivity index (χ3n) is 1.76. The highest BCUT2D eigenvalue weighted by Crippen LogP contribution is 2.37. The quantitative estimate of drug-likeness (QED) is 0.598. The van der Waals surface area contributed by atoms with Crippen LogP contribution in [0.3, 0.4) is 0 Å². The first kappa shape index (κ1) is 10.0. The van der Waals surface area contributed by atoms with E-state index >= 15 is 0 Å². The van der Waals surface area contributed by atoms with Crippen LogP contribution in [0.1, 0.15) is 0 Å². The van der Waals surface area contributed by atoms with Crippen LogP contribution in [0.2, 0.25) is 0 Å². The zero-order valence-corrected chi connectivity index (χ0v) is 8.44. The van der Waals surface area contributed by atoms with Crippen LogP contribution in [0.5, 0.6) is 5.88 Å². The van der Waals surface area contributed by atoms with Gasteiger partial charge in [0.25, 0.3) is 0 Å². The summed E-state index contributed by atoms with van der Waals surface area (Å²) < 4.78 is 14.9. The summed E-state index contributed by atoms with van der Waals surface area (Å²) in [6.07, 6.45) is 1.75. The minimum Gasteiger partial charge on any atom is -0.388 e. The molecule has 15 heavy (non-hydrogen) atoms. The SMILES string of the molecule is O=P(O)(O)Oc1ccc(-c2ccc[nH]2)[nH]1. The number of phosphoric ester groups is 1. The van der Waals surface area contributed by atoms with E-state index in [0.29, 0.717) is 5.69 Å². The van der Waals surface area contributed by atoms with Crippen LogP contribution in [-0.4, -0.2) is 19.8 Å². The average Bonchev–Trinajstić information content (AvgIpc) is 2.68. The summed E-state index contributed by atoms with van der Waals surface area (Å²) in [6.45, 7) is 0. The molecule has 0 amide bonds. The van der Waals surface area contributed by atoms with Crippen LogP contribution in [0.15, 0.2) is 30.5 Å². The summed E-state index contributed by atoms with van der Waals surface area (Å²) >= 11 is 0. The topological polar surface area (TPSA) is 98.3 Å². The lowest BCUT2D eigenvalue weighted by Crippen LogP contribution is -1.89. The van der Waals surface area contributed by atoms with E-state index in [9.17, 15) is 4.57 Å². The summed E-state index contributed by atoms with van der Waals surface area (Å²) in [7, 11) is -4.49. The number of aromatic nitrogens is 2. The lowest BCUT2D eigenvalue weighted by Gasteiger charge is -2.03. The van der Waals surface area contributed by atoms with Crippen LogP contribution in [0.4, 0.5) is 0 Å². The fourth-order valence-corrected chi connectivity index (χ4v) is 1.57. The predicted molar refractivity (Wildman–Crippen MR) is 53.3 cm³/mol. The second kappa shape index (κ2) is 3.58. The average molecular weight is 228 g/mol. The molecule has 6 nitrogen and oxygen atoms in total. The Morgan fingerprint density at radius 3 is 2.60 bits per heavy atom. The molecule has 2 heterocycles. The molecule has 0 aliphatic heterocycles. The van der Waals surface area contributed by atoms with Crippen molar-refractivity contribution in [3.8, 4) is 17.3 Å². The van der Waals surface area contributed by atoms with Gasteiger partial charge in [-0.2, -0.15) is 0 Å². The summed E-state index contributed by atoms with van der Waals surface area (Å²) in [5.74, 6) is 0.0351. The highest BCUT2D eigenvalue weighted by molar-refractivity contribution is 7.46. The second-order valence-electron chi connectivity index (χ2n) is 2.90. The highest BCUT2D eigenvalue weighted by atomic mass is 31.2. The van der Waals surface area contributed by atoms with E-state index in [2.05, 4.69) is 14.5 Å². The fraction of sp³-hybridized carbons (Fsp3) is 0. The van der Waals surface area contributed by atoms with E-state index < -0.39 is 7.82 Å². The van der Waals surface area contributed by atoms with Gasteiger partial charge in [-0.1, -0.05) is 0 Å². The summed E-state index contributed by atoms with van der Waals surface area (Å²) in [5.41, 5.74) is 1.51. The minimum absolute atomic E-state index is 0.0351. The second-order valence-corrected chi connectivity index (χ2v) is 4.07. The number of phosphoric acid groups is 1. The fourth-order valence-electron chi connectivity index (χ4n) is 1.21. The van der Waals surface area contributed by atoms with Gasteiger partial charge in [0, 0.05) is 12.3 Å². The van der Waals surface area contributed by atoms with E-state index in [1.807, 2.05) is 12.1 Å². The molecular weight excluding hydrogens is 219 g/mol. The van der Waals surface area contributed by atoms with E-state index in [1.165, 1.54) is 6.07 Å². The molecule has 0 spiro atoms. The molecule has 0 bridgehead atoms. The molecule has 0 radical (unpaired) electrons. The van der Waals surface area contributed by atoms with Crippen LogP contribution in [-0.2, 0) is 4.57 Å². The van der Waals surface area contributed by atoms with Crippen LogP contribution in [0, 0.1) is 0 Å². The van der Waals surface area contributed by atoms with Gasteiger partial charge in [0.05, 0.1) is 11.4 Å². The summed E-state index contributed by atoms with van der Waals surface area (Å²) in [4.78, 5) is 22.8. The van der Waals surface area contributed by atoms with Gasteiger partial charge in [-0.3, -0.25) is 9.79 Å². The first-order chi connectivity index (χ1) is 7.04. The Hall–Kier alpha value is -1.49.